The fourth-order valence-corrected chi connectivity index (χ4v) is 6.39. The summed E-state index contributed by atoms with van der Waals surface area (Å²) in [7, 11) is 0. The van der Waals surface area contributed by atoms with Gasteiger partial charge in [0.15, 0.2) is 12.0 Å². The third kappa shape index (κ3) is 9.39. The zero-order chi connectivity index (χ0) is 35.8. The van der Waals surface area contributed by atoms with Gasteiger partial charge in [-0.2, -0.15) is 9.49 Å². The minimum atomic E-state index is -0.874. The Morgan fingerprint density at radius 2 is 1.92 bits per heavy atom. The Hall–Kier alpha value is -4.48. The molecule has 2 aliphatic rings. The molecule has 14 nitrogen and oxygen atoms in total. The first-order chi connectivity index (χ1) is 24.0. The highest BCUT2D eigenvalue weighted by Crippen LogP contribution is 2.34. The lowest BCUT2D eigenvalue weighted by Crippen LogP contribution is -2.44. The van der Waals surface area contributed by atoms with Crippen molar-refractivity contribution in [3.63, 3.8) is 0 Å². The summed E-state index contributed by atoms with van der Waals surface area (Å²) in [4.78, 5) is 45.7. The van der Waals surface area contributed by atoms with Crippen LogP contribution in [0.1, 0.15) is 86.8 Å². The summed E-state index contributed by atoms with van der Waals surface area (Å²) in [6.45, 7) is 6.51. The number of aromatic nitrogens is 4. The van der Waals surface area contributed by atoms with E-state index in [1.165, 1.54) is 16.0 Å². The monoisotopic (exact) mass is 714 g/mol. The highest BCUT2D eigenvalue weighted by Gasteiger charge is 2.29. The van der Waals surface area contributed by atoms with E-state index in [0.717, 1.165) is 37.8 Å². The number of rotatable bonds is 15. The molecule has 0 saturated heterocycles. The molecule has 1 aliphatic carbocycles. The topological polar surface area (TPSA) is 179 Å². The number of halogens is 2. The Balaban J connectivity index is 1.18. The van der Waals surface area contributed by atoms with Crippen molar-refractivity contribution in [2.75, 3.05) is 25.2 Å². The second-order valence-electron chi connectivity index (χ2n) is 12.4. The van der Waals surface area contributed by atoms with Crippen LogP contribution in [0.4, 0.5) is 14.5 Å². The Kier molecular flexibility index (Phi) is 12.5. The number of anilines is 1. The molecule has 0 aromatic carbocycles. The first-order valence-electron chi connectivity index (χ1n) is 16.7. The Labute approximate surface area is 292 Å². The predicted octanol–water partition coefficient (Wildman–Crippen LogP) is 4.00. The molecular weight excluding hydrogens is 672 g/mol. The van der Waals surface area contributed by atoms with E-state index in [2.05, 4.69) is 30.8 Å². The van der Waals surface area contributed by atoms with Crippen LogP contribution < -0.4 is 16.4 Å². The van der Waals surface area contributed by atoms with Crippen LogP contribution in [0, 0.1) is 17.7 Å². The number of hydrogen-bond donors (Lipinski definition) is 3. The van der Waals surface area contributed by atoms with Gasteiger partial charge in [0.05, 0.1) is 30.1 Å². The first kappa shape index (κ1) is 36.8. The van der Waals surface area contributed by atoms with Crippen molar-refractivity contribution in [2.24, 2.45) is 16.8 Å². The SMILES string of the molecule is CCOC1CCC(n2cc(NC(=O)c3csc(C4C=N[N+](COC(=O)CCCNC(=O)C(N)C(C)C)=C4)n3)c(-c3nc(F)ccc3F)n2)CC1. The summed E-state index contributed by atoms with van der Waals surface area (Å²) in [6.07, 6.45) is 8.84. The van der Waals surface area contributed by atoms with Gasteiger partial charge in [0.25, 0.3) is 5.91 Å². The van der Waals surface area contributed by atoms with Gasteiger partial charge in [-0.15, -0.1) is 11.3 Å². The number of ether oxygens (including phenoxy) is 2. The van der Waals surface area contributed by atoms with E-state index >= 15 is 0 Å². The van der Waals surface area contributed by atoms with E-state index < -0.39 is 29.7 Å². The Bertz CT molecular complexity index is 1740. The van der Waals surface area contributed by atoms with Crippen LogP contribution in [0.3, 0.4) is 0 Å². The number of esters is 1. The average Bonchev–Trinajstić information content (AvgIpc) is 3.87. The van der Waals surface area contributed by atoms with Crippen molar-refractivity contribution in [3.05, 3.63) is 46.2 Å². The van der Waals surface area contributed by atoms with Gasteiger partial charge >= 0.3 is 12.7 Å². The zero-order valence-electron chi connectivity index (χ0n) is 28.2. The molecule has 0 radical (unpaired) electrons. The molecule has 3 aromatic heterocycles. The van der Waals surface area contributed by atoms with Crippen LogP contribution >= 0.6 is 11.3 Å². The molecule has 4 N–H and O–H groups in total. The minimum absolute atomic E-state index is 0.0118. The van der Waals surface area contributed by atoms with Crippen molar-refractivity contribution in [1.82, 2.24) is 25.1 Å². The second-order valence-corrected chi connectivity index (χ2v) is 13.3. The number of thiazole rings is 1. The maximum atomic E-state index is 14.8. The molecule has 1 fully saturated rings. The maximum absolute atomic E-state index is 14.8. The number of amides is 2. The quantitative estimate of drug-likeness (QED) is 0.0909. The molecule has 3 aromatic rings. The number of carbonyl (C=O) groups is 3. The first-order valence-corrected chi connectivity index (χ1v) is 17.5. The Morgan fingerprint density at radius 3 is 2.66 bits per heavy atom. The van der Waals surface area contributed by atoms with Crippen LogP contribution in [-0.4, -0.2) is 86.7 Å². The highest BCUT2D eigenvalue weighted by molar-refractivity contribution is 7.10. The van der Waals surface area contributed by atoms with E-state index in [-0.39, 0.29) is 65.8 Å². The van der Waals surface area contributed by atoms with Crippen molar-refractivity contribution >= 4 is 47.2 Å². The van der Waals surface area contributed by atoms with Gasteiger partial charge in [-0.25, -0.2) is 14.4 Å². The molecule has 50 heavy (non-hydrogen) atoms. The van der Waals surface area contributed by atoms with Crippen LogP contribution in [-0.2, 0) is 19.1 Å². The van der Waals surface area contributed by atoms with Crippen molar-refractivity contribution < 1.29 is 37.3 Å². The van der Waals surface area contributed by atoms with Gasteiger partial charge in [0, 0.05) is 31.1 Å². The summed E-state index contributed by atoms with van der Waals surface area (Å²) in [5.74, 6) is -3.26. The van der Waals surface area contributed by atoms with E-state index in [1.54, 1.807) is 28.7 Å². The van der Waals surface area contributed by atoms with E-state index in [0.29, 0.717) is 24.6 Å². The molecule has 17 heteroatoms. The van der Waals surface area contributed by atoms with Crippen LogP contribution in [0.2, 0.25) is 0 Å². The smallest absolute Gasteiger partial charge is 0.319 e. The maximum Gasteiger partial charge on any atom is 0.319 e. The standard InChI is InChI=1S/C33H41F2N9O5S/c1-4-48-22-9-7-21(8-10-22)44-16-24(30(42-44)29-23(34)11-12-26(35)41-29)39-31(46)25-17-50-33(40-25)20-14-38-43(15-20)18-49-27(45)6-5-13-37-32(47)28(36)19(2)3/h11-12,14-17,19-22,28H,4-10,13,18,36H2,1-3H3,(H-,37,39,46,47)/p+1. The molecular formula is C33H42F2N9O5S+. The molecule has 2 atom stereocenters. The molecule has 2 amide bonds. The van der Waals surface area contributed by atoms with Gasteiger partial charge in [0.1, 0.15) is 28.0 Å². The molecule has 1 aliphatic heterocycles. The zero-order valence-corrected chi connectivity index (χ0v) is 29.0. The van der Waals surface area contributed by atoms with E-state index in [4.69, 9.17) is 15.2 Å². The van der Waals surface area contributed by atoms with Crippen molar-refractivity contribution in [3.8, 4) is 11.4 Å². The number of nitrogens with zero attached hydrogens (tertiary/aromatic N) is 6. The average molecular weight is 715 g/mol. The van der Waals surface area contributed by atoms with Crippen molar-refractivity contribution in [1.29, 1.82) is 0 Å². The summed E-state index contributed by atoms with van der Waals surface area (Å²) in [5, 5.41) is 16.4. The number of hydrazone groups is 1. The molecule has 268 valence electrons. The number of nitrogens with two attached hydrogens (primary N) is 1. The molecule has 1 saturated carbocycles. The molecule has 0 spiro atoms. The number of carbonyl (C=O) groups excluding carboxylic acids is 3. The van der Waals surface area contributed by atoms with E-state index in [9.17, 15) is 23.2 Å². The lowest BCUT2D eigenvalue weighted by Gasteiger charge is -2.28. The van der Waals surface area contributed by atoms with Crippen LogP contribution in [0.15, 0.2) is 28.8 Å². The van der Waals surface area contributed by atoms with E-state index in [1.807, 2.05) is 20.8 Å². The molecule has 0 bridgehead atoms. The summed E-state index contributed by atoms with van der Waals surface area (Å²) >= 11 is 1.24. The van der Waals surface area contributed by atoms with Gasteiger partial charge in [-0.05, 0) is 62.2 Å². The summed E-state index contributed by atoms with van der Waals surface area (Å²) in [5.41, 5.74) is 5.80. The van der Waals surface area contributed by atoms with Gasteiger partial charge in [-0.3, -0.25) is 19.1 Å². The Morgan fingerprint density at radius 1 is 1.14 bits per heavy atom. The molecule has 4 heterocycles. The number of hydrogen-bond acceptors (Lipinski definition) is 11. The summed E-state index contributed by atoms with van der Waals surface area (Å²) in [6, 6.07) is 1.28. The third-order valence-corrected chi connectivity index (χ3v) is 9.37. The second kappa shape index (κ2) is 17.0. The normalized spacial score (nSPS) is 19.3. The third-order valence-electron chi connectivity index (χ3n) is 8.42. The number of pyridine rings is 1. The fourth-order valence-electron chi connectivity index (χ4n) is 5.57. The van der Waals surface area contributed by atoms with Gasteiger partial charge < -0.3 is 25.8 Å². The van der Waals surface area contributed by atoms with Crippen molar-refractivity contribution in [2.45, 2.75) is 83.4 Å². The number of nitrogens with one attached hydrogen (secondary N) is 2. The largest absolute Gasteiger partial charge is 0.403 e. The fraction of sp³-hybridized carbons (Fsp3) is 0.515. The highest BCUT2D eigenvalue weighted by atomic mass is 32.1. The molecule has 5 rings (SSSR count). The minimum Gasteiger partial charge on any atom is -0.403 e. The predicted molar refractivity (Wildman–Crippen MR) is 182 cm³/mol. The molecule has 2 unspecified atom stereocenters. The van der Waals surface area contributed by atoms with Crippen LogP contribution in [0.5, 0.6) is 0 Å². The van der Waals surface area contributed by atoms with Gasteiger partial charge in [0.2, 0.25) is 11.9 Å². The van der Waals surface area contributed by atoms with Crippen LogP contribution in [0.25, 0.3) is 11.4 Å². The lowest BCUT2D eigenvalue weighted by atomic mass is 9.93. The summed E-state index contributed by atoms with van der Waals surface area (Å²) < 4.78 is 43.1. The van der Waals surface area contributed by atoms with Gasteiger partial charge in [-0.1, -0.05) is 18.5 Å². The lowest BCUT2D eigenvalue weighted by molar-refractivity contribution is -0.560.